The lowest BCUT2D eigenvalue weighted by Gasteiger charge is -2.36. The Bertz CT molecular complexity index is 1050. The number of hydrogen-bond donors (Lipinski definition) is 2. The summed E-state index contributed by atoms with van der Waals surface area (Å²) < 4.78 is 6.16. The second-order valence-electron chi connectivity index (χ2n) is 7.99. The van der Waals surface area contributed by atoms with E-state index in [-0.39, 0.29) is 18.4 Å². The number of rotatable bonds is 6. The molecule has 0 radical (unpaired) electrons. The summed E-state index contributed by atoms with van der Waals surface area (Å²) in [6, 6.07) is 13.5. The van der Waals surface area contributed by atoms with Gasteiger partial charge >= 0.3 is 0 Å². The SMILES string of the molecule is C/C=C(\CCO)C(=O)CC[C@H]1CN(C2=Nc3cc(Cl)ccc3Oc3ccccc32)CCN1. The third-order valence-corrected chi connectivity index (χ3v) is 6.09. The zero-order valence-corrected chi connectivity index (χ0v) is 18.9. The van der Waals surface area contributed by atoms with Crippen molar-refractivity contribution < 1.29 is 14.6 Å². The van der Waals surface area contributed by atoms with Gasteiger partial charge in [-0.15, -0.1) is 0 Å². The summed E-state index contributed by atoms with van der Waals surface area (Å²) in [5.74, 6) is 2.40. The molecule has 0 aromatic heterocycles. The van der Waals surface area contributed by atoms with Gasteiger partial charge in [-0.1, -0.05) is 29.8 Å². The van der Waals surface area contributed by atoms with Crippen molar-refractivity contribution in [2.24, 2.45) is 4.99 Å². The van der Waals surface area contributed by atoms with Crippen LogP contribution in [0.2, 0.25) is 5.02 Å². The number of halogens is 1. The van der Waals surface area contributed by atoms with Gasteiger partial charge in [-0.2, -0.15) is 0 Å². The molecule has 1 atom stereocenters. The molecule has 0 amide bonds. The summed E-state index contributed by atoms with van der Waals surface area (Å²) in [4.78, 5) is 19.7. The number of carbonyl (C=O) groups is 1. The van der Waals surface area contributed by atoms with E-state index in [4.69, 9.17) is 26.4 Å². The molecule has 168 valence electrons. The van der Waals surface area contributed by atoms with Crippen LogP contribution in [0.3, 0.4) is 0 Å². The molecule has 2 aliphatic heterocycles. The molecule has 0 aliphatic carbocycles. The van der Waals surface area contributed by atoms with E-state index < -0.39 is 0 Å². The number of allylic oxidation sites excluding steroid dienone is 1. The van der Waals surface area contributed by atoms with E-state index in [0.717, 1.165) is 43.2 Å². The van der Waals surface area contributed by atoms with Crippen molar-refractivity contribution in [2.45, 2.75) is 32.2 Å². The lowest BCUT2D eigenvalue weighted by molar-refractivity contribution is -0.116. The number of aliphatic hydroxyl groups excluding tert-OH is 1. The average Bonchev–Trinajstić information content (AvgIpc) is 2.97. The van der Waals surface area contributed by atoms with Gasteiger partial charge in [0.1, 0.15) is 17.3 Å². The molecular formula is C25H28ClN3O3. The number of aliphatic imine (C=N–C) groups is 1. The van der Waals surface area contributed by atoms with Gasteiger partial charge in [0.05, 0.1) is 5.56 Å². The van der Waals surface area contributed by atoms with Gasteiger partial charge in [-0.25, -0.2) is 4.99 Å². The minimum Gasteiger partial charge on any atom is -0.454 e. The number of fused-ring (bicyclic) bond motifs is 2. The van der Waals surface area contributed by atoms with Crippen molar-refractivity contribution >= 4 is 28.9 Å². The predicted molar refractivity (Wildman–Crippen MR) is 127 cm³/mol. The molecule has 2 heterocycles. The molecule has 2 aliphatic rings. The number of benzene rings is 2. The zero-order chi connectivity index (χ0) is 22.5. The molecule has 1 saturated heterocycles. The van der Waals surface area contributed by atoms with Gasteiger partial charge in [-0.05, 0) is 55.7 Å². The second kappa shape index (κ2) is 10.3. The molecule has 1 fully saturated rings. The monoisotopic (exact) mass is 453 g/mol. The number of amidine groups is 1. The van der Waals surface area contributed by atoms with Crippen LogP contribution in [0, 0.1) is 0 Å². The number of para-hydroxylation sites is 1. The first-order valence-corrected chi connectivity index (χ1v) is 11.4. The van der Waals surface area contributed by atoms with Crippen LogP contribution in [0.4, 0.5) is 5.69 Å². The van der Waals surface area contributed by atoms with Crippen LogP contribution in [0.25, 0.3) is 0 Å². The number of hydrogen-bond acceptors (Lipinski definition) is 6. The van der Waals surface area contributed by atoms with Crippen molar-refractivity contribution in [1.82, 2.24) is 10.2 Å². The number of carbonyl (C=O) groups excluding carboxylic acids is 1. The molecule has 2 aromatic carbocycles. The Morgan fingerprint density at radius 1 is 1.28 bits per heavy atom. The number of ether oxygens (including phenoxy) is 1. The van der Waals surface area contributed by atoms with E-state index in [1.54, 1.807) is 12.1 Å². The first kappa shape index (κ1) is 22.5. The van der Waals surface area contributed by atoms with Crippen molar-refractivity contribution in [3.8, 4) is 11.5 Å². The summed E-state index contributed by atoms with van der Waals surface area (Å²) in [6.07, 6.45) is 3.40. The number of aliphatic hydroxyl groups is 1. The molecule has 2 aromatic rings. The van der Waals surface area contributed by atoms with Gasteiger partial charge in [0.25, 0.3) is 0 Å². The fourth-order valence-electron chi connectivity index (χ4n) is 4.18. The van der Waals surface area contributed by atoms with Crippen molar-refractivity contribution in [1.29, 1.82) is 0 Å². The lowest BCUT2D eigenvalue weighted by atomic mass is 9.99. The maximum absolute atomic E-state index is 12.5. The molecule has 7 heteroatoms. The Morgan fingerprint density at radius 2 is 2.12 bits per heavy atom. The Labute approximate surface area is 193 Å². The molecule has 0 spiro atoms. The molecule has 2 N–H and O–H groups in total. The van der Waals surface area contributed by atoms with Crippen molar-refractivity contribution in [3.63, 3.8) is 0 Å². The Balaban J connectivity index is 1.55. The predicted octanol–water partition coefficient (Wildman–Crippen LogP) is 4.48. The van der Waals surface area contributed by atoms with Gasteiger partial charge in [0, 0.05) is 43.7 Å². The minimum absolute atomic E-state index is 0.00629. The van der Waals surface area contributed by atoms with Crippen molar-refractivity contribution in [2.75, 3.05) is 26.2 Å². The highest BCUT2D eigenvalue weighted by atomic mass is 35.5. The van der Waals surface area contributed by atoms with E-state index in [9.17, 15) is 4.79 Å². The fraction of sp³-hybridized carbons (Fsp3) is 0.360. The number of ketones is 1. The maximum atomic E-state index is 12.5. The van der Waals surface area contributed by atoms with Crippen LogP contribution in [0.5, 0.6) is 11.5 Å². The third-order valence-electron chi connectivity index (χ3n) is 5.86. The highest BCUT2D eigenvalue weighted by molar-refractivity contribution is 6.31. The highest BCUT2D eigenvalue weighted by Gasteiger charge is 2.27. The van der Waals surface area contributed by atoms with E-state index in [2.05, 4.69) is 10.2 Å². The normalized spacial score (nSPS) is 18.2. The molecule has 0 unspecified atom stereocenters. The van der Waals surface area contributed by atoms with E-state index >= 15 is 0 Å². The standard InChI is InChI=1S/C25H28ClN3O3/c1-2-17(11-14-30)22(31)9-8-19-16-29(13-12-27-19)25-20-5-3-4-6-23(20)32-24-10-7-18(26)15-21(24)28-25/h2-7,10,15,19,27,30H,8-9,11-14,16H2,1H3/b17-2+/t19-/m0/s1. The molecule has 6 nitrogen and oxygen atoms in total. The minimum atomic E-state index is -0.00629. The van der Waals surface area contributed by atoms with Crippen LogP contribution in [-0.4, -0.2) is 53.9 Å². The van der Waals surface area contributed by atoms with Gasteiger partial charge in [0.2, 0.25) is 0 Å². The van der Waals surface area contributed by atoms with E-state index in [1.807, 2.05) is 43.3 Å². The second-order valence-corrected chi connectivity index (χ2v) is 8.43. The summed E-state index contributed by atoms with van der Waals surface area (Å²) in [6.45, 7) is 4.18. The lowest BCUT2D eigenvalue weighted by Crippen LogP contribution is -2.52. The maximum Gasteiger partial charge on any atom is 0.158 e. The Kier molecular flexibility index (Phi) is 7.25. The molecular weight excluding hydrogens is 426 g/mol. The van der Waals surface area contributed by atoms with Crippen LogP contribution < -0.4 is 10.1 Å². The van der Waals surface area contributed by atoms with Crippen LogP contribution >= 0.6 is 11.6 Å². The number of piperazine rings is 1. The average molecular weight is 454 g/mol. The summed E-state index contributed by atoms with van der Waals surface area (Å²) in [5, 5.41) is 13.3. The van der Waals surface area contributed by atoms with E-state index in [1.165, 1.54) is 0 Å². The first-order valence-electron chi connectivity index (χ1n) is 11.0. The van der Waals surface area contributed by atoms with Crippen LogP contribution in [-0.2, 0) is 4.79 Å². The summed E-state index contributed by atoms with van der Waals surface area (Å²) in [5.41, 5.74) is 2.35. The Morgan fingerprint density at radius 3 is 2.94 bits per heavy atom. The topological polar surface area (TPSA) is 74.2 Å². The number of nitrogens with one attached hydrogen (secondary N) is 1. The number of Topliss-reactive ketones (excluding diaryl/α,β-unsaturated/α-hetero) is 1. The molecule has 4 rings (SSSR count). The van der Waals surface area contributed by atoms with Gasteiger partial charge in [0.15, 0.2) is 11.5 Å². The van der Waals surface area contributed by atoms with Crippen LogP contribution in [0.1, 0.15) is 31.7 Å². The molecule has 32 heavy (non-hydrogen) atoms. The number of nitrogens with zero attached hydrogens (tertiary/aromatic N) is 2. The quantitative estimate of drug-likeness (QED) is 0.631. The largest absolute Gasteiger partial charge is 0.454 e. The van der Waals surface area contributed by atoms with E-state index in [0.29, 0.717) is 34.9 Å². The highest BCUT2D eigenvalue weighted by Crippen LogP contribution is 2.39. The summed E-state index contributed by atoms with van der Waals surface area (Å²) >= 11 is 6.23. The van der Waals surface area contributed by atoms with Gasteiger partial charge < -0.3 is 20.1 Å². The Hall–Kier alpha value is -2.67. The first-order chi connectivity index (χ1) is 15.6. The fourth-order valence-corrected chi connectivity index (χ4v) is 4.35. The smallest absolute Gasteiger partial charge is 0.158 e. The zero-order valence-electron chi connectivity index (χ0n) is 18.2. The molecule has 0 saturated carbocycles. The van der Waals surface area contributed by atoms with Crippen molar-refractivity contribution in [3.05, 3.63) is 64.7 Å². The summed E-state index contributed by atoms with van der Waals surface area (Å²) in [7, 11) is 0. The third kappa shape index (κ3) is 5.04. The van der Waals surface area contributed by atoms with Gasteiger partial charge in [-0.3, -0.25) is 4.79 Å². The van der Waals surface area contributed by atoms with Crippen LogP contribution in [0.15, 0.2) is 59.1 Å². The molecule has 0 bridgehead atoms.